The summed E-state index contributed by atoms with van der Waals surface area (Å²) in [7, 11) is 1.63. The third-order valence-corrected chi connectivity index (χ3v) is 4.50. The number of fused-ring (bicyclic) bond motifs is 1. The first-order valence-electron chi connectivity index (χ1n) is 8.84. The minimum atomic E-state index is 0.0631. The lowest BCUT2D eigenvalue weighted by Gasteiger charge is -2.34. The molecule has 0 spiro atoms. The summed E-state index contributed by atoms with van der Waals surface area (Å²) in [4.78, 5) is 16.5. The van der Waals surface area contributed by atoms with Crippen LogP contribution in [0.4, 0.5) is 0 Å². The topological polar surface area (TPSA) is 63.3 Å². The molecule has 1 fully saturated rings. The summed E-state index contributed by atoms with van der Waals surface area (Å²) in [6, 6.07) is 6.07. The molecule has 7 nitrogen and oxygen atoms in total. The lowest BCUT2D eigenvalue weighted by atomic mass is 10.1. The van der Waals surface area contributed by atoms with Gasteiger partial charge in [0.15, 0.2) is 11.5 Å². The van der Waals surface area contributed by atoms with Crippen LogP contribution in [-0.4, -0.2) is 81.9 Å². The van der Waals surface area contributed by atoms with Crippen molar-refractivity contribution in [3.63, 3.8) is 0 Å². The van der Waals surface area contributed by atoms with Crippen LogP contribution >= 0.6 is 0 Å². The molecule has 0 radical (unpaired) electrons. The minimum absolute atomic E-state index is 0.0631. The smallest absolute Gasteiger partial charge is 0.234 e. The first-order chi connectivity index (χ1) is 12.3. The lowest BCUT2D eigenvalue weighted by molar-refractivity contribution is -0.122. The predicted octanol–water partition coefficient (Wildman–Crippen LogP) is 0.338. The number of hydrogen-bond donors (Lipinski definition) is 1. The van der Waals surface area contributed by atoms with Crippen molar-refractivity contribution in [3.8, 4) is 11.5 Å². The Hall–Kier alpha value is -1.83. The highest BCUT2D eigenvalue weighted by Crippen LogP contribution is 2.34. The first-order valence-corrected chi connectivity index (χ1v) is 8.84. The van der Waals surface area contributed by atoms with Crippen molar-refractivity contribution in [1.29, 1.82) is 0 Å². The molecule has 3 rings (SSSR count). The van der Waals surface area contributed by atoms with Crippen LogP contribution in [0.3, 0.4) is 0 Å². The lowest BCUT2D eigenvalue weighted by Crippen LogP contribution is -2.49. The zero-order chi connectivity index (χ0) is 17.5. The highest BCUT2D eigenvalue weighted by atomic mass is 16.6. The average Bonchev–Trinajstić information content (AvgIpc) is 2.64. The van der Waals surface area contributed by atoms with Crippen molar-refractivity contribution in [2.24, 2.45) is 0 Å². The van der Waals surface area contributed by atoms with E-state index in [-0.39, 0.29) is 5.91 Å². The maximum absolute atomic E-state index is 11.9. The van der Waals surface area contributed by atoms with Gasteiger partial charge in [-0.05, 0) is 6.07 Å². The van der Waals surface area contributed by atoms with Crippen LogP contribution in [0.15, 0.2) is 18.2 Å². The molecule has 2 heterocycles. The van der Waals surface area contributed by atoms with E-state index in [1.54, 1.807) is 7.11 Å². The third-order valence-electron chi connectivity index (χ3n) is 4.50. The molecule has 25 heavy (non-hydrogen) atoms. The van der Waals surface area contributed by atoms with Crippen LogP contribution in [-0.2, 0) is 16.1 Å². The molecule has 0 bridgehead atoms. The van der Waals surface area contributed by atoms with E-state index in [9.17, 15) is 4.79 Å². The fourth-order valence-electron chi connectivity index (χ4n) is 3.16. The summed E-state index contributed by atoms with van der Waals surface area (Å²) in [5.41, 5.74) is 1.17. The molecule has 1 N–H and O–H groups in total. The Morgan fingerprint density at radius 1 is 1.16 bits per heavy atom. The van der Waals surface area contributed by atoms with Gasteiger partial charge in [-0.2, -0.15) is 0 Å². The van der Waals surface area contributed by atoms with Gasteiger partial charge in [-0.3, -0.25) is 14.6 Å². The summed E-state index contributed by atoms with van der Waals surface area (Å²) >= 11 is 0. The maximum atomic E-state index is 11.9. The number of ether oxygens (including phenoxy) is 3. The SMILES string of the molecule is COCCNC(=O)CN1CCN(Cc2cccc3c2OCCO3)CC1. The Labute approximate surface area is 148 Å². The first kappa shape index (κ1) is 18.0. The Kier molecular flexibility index (Phi) is 6.49. The van der Waals surface area contributed by atoms with E-state index in [4.69, 9.17) is 14.2 Å². The summed E-state index contributed by atoms with van der Waals surface area (Å²) in [6.07, 6.45) is 0. The monoisotopic (exact) mass is 349 g/mol. The number of amides is 1. The highest BCUT2D eigenvalue weighted by molar-refractivity contribution is 5.78. The molecule has 1 aromatic rings. The van der Waals surface area contributed by atoms with E-state index >= 15 is 0 Å². The number of nitrogens with zero attached hydrogens (tertiary/aromatic N) is 2. The quantitative estimate of drug-likeness (QED) is 0.716. The number of para-hydroxylation sites is 1. The fraction of sp³-hybridized carbons (Fsp3) is 0.611. The van der Waals surface area contributed by atoms with Crippen LogP contribution in [0.2, 0.25) is 0 Å². The van der Waals surface area contributed by atoms with Crippen molar-refractivity contribution in [3.05, 3.63) is 23.8 Å². The molecule has 2 aliphatic rings. The maximum Gasteiger partial charge on any atom is 0.234 e. The van der Waals surface area contributed by atoms with Gasteiger partial charge in [0.05, 0.1) is 13.2 Å². The van der Waals surface area contributed by atoms with Gasteiger partial charge in [-0.1, -0.05) is 12.1 Å². The van der Waals surface area contributed by atoms with Crippen molar-refractivity contribution in [2.75, 3.05) is 66.2 Å². The van der Waals surface area contributed by atoms with E-state index in [1.165, 1.54) is 5.56 Å². The van der Waals surface area contributed by atoms with E-state index in [0.717, 1.165) is 44.2 Å². The molecule has 0 aliphatic carbocycles. The van der Waals surface area contributed by atoms with Gasteiger partial charge in [-0.25, -0.2) is 0 Å². The van der Waals surface area contributed by atoms with Gasteiger partial charge in [0, 0.05) is 51.9 Å². The molecule has 1 aromatic carbocycles. The van der Waals surface area contributed by atoms with Crippen LogP contribution in [0.1, 0.15) is 5.56 Å². The summed E-state index contributed by atoms with van der Waals surface area (Å²) in [6.45, 7) is 7.30. The molecule has 0 atom stereocenters. The van der Waals surface area contributed by atoms with Gasteiger partial charge in [0.1, 0.15) is 13.2 Å². The van der Waals surface area contributed by atoms with Crippen molar-refractivity contribution < 1.29 is 19.0 Å². The normalized spacial score (nSPS) is 18.1. The Morgan fingerprint density at radius 2 is 1.92 bits per heavy atom. The van der Waals surface area contributed by atoms with E-state index in [2.05, 4.69) is 21.2 Å². The molecule has 7 heteroatoms. The molecular weight excluding hydrogens is 322 g/mol. The van der Waals surface area contributed by atoms with Crippen molar-refractivity contribution in [1.82, 2.24) is 15.1 Å². The Morgan fingerprint density at radius 3 is 2.72 bits per heavy atom. The number of hydrogen-bond acceptors (Lipinski definition) is 6. The number of nitrogens with one attached hydrogen (secondary N) is 1. The molecule has 138 valence electrons. The molecule has 2 aliphatic heterocycles. The van der Waals surface area contributed by atoms with Gasteiger partial charge in [0.2, 0.25) is 5.91 Å². The fourth-order valence-corrected chi connectivity index (χ4v) is 3.16. The van der Waals surface area contributed by atoms with Gasteiger partial charge >= 0.3 is 0 Å². The Bertz CT molecular complexity index is 573. The van der Waals surface area contributed by atoms with Gasteiger partial charge in [-0.15, -0.1) is 0 Å². The van der Waals surface area contributed by atoms with E-state index in [0.29, 0.717) is 32.9 Å². The second kappa shape index (κ2) is 9.03. The number of carbonyl (C=O) groups excluding carboxylic acids is 1. The second-order valence-electron chi connectivity index (χ2n) is 6.34. The molecule has 0 aromatic heterocycles. The number of rotatable bonds is 7. The van der Waals surface area contributed by atoms with E-state index in [1.807, 2.05) is 12.1 Å². The third kappa shape index (κ3) is 5.07. The summed E-state index contributed by atoms with van der Waals surface area (Å²) in [5, 5.41) is 2.87. The molecular formula is C18H27N3O4. The predicted molar refractivity (Wildman–Crippen MR) is 94.0 cm³/mol. The average molecular weight is 349 g/mol. The van der Waals surface area contributed by atoms with Gasteiger partial charge < -0.3 is 19.5 Å². The molecule has 1 saturated heterocycles. The number of benzene rings is 1. The number of carbonyl (C=O) groups is 1. The molecule has 0 saturated carbocycles. The standard InChI is InChI=1S/C18H27N3O4/c1-23-10-5-19-17(22)14-21-8-6-20(7-9-21)13-15-3-2-4-16-18(15)25-12-11-24-16/h2-4H,5-14H2,1H3,(H,19,22). The summed E-state index contributed by atoms with van der Waals surface area (Å²) < 4.78 is 16.4. The molecule has 0 unspecified atom stereocenters. The number of methoxy groups -OCH3 is 1. The zero-order valence-electron chi connectivity index (χ0n) is 14.8. The van der Waals surface area contributed by atoms with Crippen LogP contribution in [0.5, 0.6) is 11.5 Å². The molecule has 1 amide bonds. The van der Waals surface area contributed by atoms with Crippen molar-refractivity contribution >= 4 is 5.91 Å². The van der Waals surface area contributed by atoms with Gasteiger partial charge in [0.25, 0.3) is 0 Å². The largest absolute Gasteiger partial charge is 0.486 e. The van der Waals surface area contributed by atoms with Crippen LogP contribution in [0.25, 0.3) is 0 Å². The summed E-state index contributed by atoms with van der Waals surface area (Å²) in [5.74, 6) is 1.79. The second-order valence-corrected chi connectivity index (χ2v) is 6.34. The minimum Gasteiger partial charge on any atom is -0.486 e. The Balaban J connectivity index is 1.45. The van der Waals surface area contributed by atoms with Crippen LogP contribution in [0, 0.1) is 0 Å². The number of piperazine rings is 1. The van der Waals surface area contributed by atoms with Crippen molar-refractivity contribution in [2.45, 2.75) is 6.54 Å². The van der Waals surface area contributed by atoms with Crippen LogP contribution < -0.4 is 14.8 Å². The zero-order valence-corrected chi connectivity index (χ0v) is 14.8. The van der Waals surface area contributed by atoms with E-state index < -0.39 is 0 Å². The highest BCUT2D eigenvalue weighted by Gasteiger charge is 2.22.